The number of rotatable bonds is 35. The van der Waals surface area contributed by atoms with Crippen LogP contribution in [-0.4, -0.2) is 145 Å². The van der Waals surface area contributed by atoms with E-state index in [1.54, 1.807) is 54.6 Å². The minimum atomic E-state index is -3.42. The predicted molar refractivity (Wildman–Crippen MR) is 522 cm³/mol. The van der Waals surface area contributed by atoms with Crippen molar-refractivity contribution in [1.82, 2.24) is 37.4 Å². The van der Waals surface area contributed by atoms with Crippen LogP contribution in [0.5, 0.6) is 46.0 Å². The first-order valence-corrected chi connectivity index (χ1v) is 53.0. The number of sulfonamides is 3. The number of aromatic nitrogens is 5. The highest BCUT2D eigenvalue weighted by molar-refractivity contribution is 7.90. The summed E-state index contributed by atoms with van der Waals surface area (Å²) in [6.07, 6.45) is 23.5. The molecule has 0 spiro atoms. The van der Waals surface area contributed by atoms with Gasteiger partial charge in [-0.3, -0.25) is 4.98 Å². The summed E-state index contributed by atoms with van der Waals surface area (Å²) in [5.41, 5.74) is 7.99. The minimum Gasteiger partial charge on any atom is -0.494 e. The maximum atomic E-state index is 14.7. The zero-order valence-corrected chi connectivity index (χ0v) is 81.6. The zero-order valence-electron chi connectivity index (χ0n) is 75.4. The van der Waals surface area contributed by atoms with E-state index >= 15 is 0 Å². The fourth-order valence-corrected chi connectivity index (χ4v) is 20.6. The van der Waals surface area contributed by atoms with Crippen molar-refractivity contribution in [2.75, 3.05) is 58.1 Å². The van der Waals surface area contributed by atoms with Crippen molar-refractivity contribution in [2.45, 2.75) is 153 Å². The summed E-state index contributed by atoms with van der Waals surface area (Å²) >= 11 is 25.7. The minimum absolute atomic E-state index is 0.0311. The number of ether oxygens (including phenoxy) is 8. The van der Waals surface area contributed by atoms with Crippen molar-refractivity contribution in [3.63, 3.8) is 0 Å². The maximum absolute atomic E-state index is 14.7. The van der Waals surface area contributed by atoms with E-state index in [9.17, 15) is 59.1 Å². The Bertz CT molecular complexity index is 7020. The number of nitrogens with zero attached hydrogens (tertiary/aromatic N) is 9. The number of fused-ring (bicyclic) bond motifs is 4. The lowest BCUT2D eigenvalue weighted by molar-refractivity contribution is 0.207. The third-order valence-electron chi connectivity index (χ3n) is 22.2. The Morgan fingerprint density at radius 1 is 0.422 bits per heavy atom. The van der Waals surface area contributed by atoms with Gasteiger partial charge in [-0.1, -0.05) is 74.1 Å². The van der Waals surface area contributed by atoms with Crippen LogP contribution in [0.3, 0.4) is 0 Å². The molecule has 0 radical (unpaired) electrons. The number of halogens is 5. The van der Waals surface area contributed by atoms with E-state index < -0.39 is 51.5 Å². The van der Waals surface area contributed by atoms with Gasteiger partial charge in [0.05, 0.1) is 128 Å². The highest BCUT2D eigenvalue weighted by atomic mass is 35.5. The van der Waals surface area contributed by atoms with Gasteiger partial charge in [0, 0.05) is 124 Å². The van der Waals surface area contributed by atoms with Crippen molar-refractivity contribution < 1.29 is 76.0 Å². The van der Waals surface area contributed by atoms with Crippen LogP contribution in [0.25, 0.3) is 66.4 Å². The lowest BCUT2D eigenvalue weighted by atomic mass is 10.2. The van der Waals surface area contributed by atoms with Gasteiger partial charge in [-0.2, -0.15) is 21.0 Å². The second-order valence-corrected chi connectivity index (χ2v) is 42.4. The standard InChI is InChI=1S/C26H23ClFN3O4S.3C24H26ClN3O4S/c1-3-10-34-26-19(14-29)11-20(13-22(26)27)31-9-7-17-12-21(4-5-24(17)31)35-15-18-6-8-30-23(25(18)28)16-36(2,32)33;1-3-11-32-23-18(16-26)13-19(15-21(23)25)28-10-6-17-14-20(4-5-22(17)28)31-12-9-24(7-8-24)27-33(2,29)30;2*1-3-10-31-24-17(15-26)11-19(14-22(24)25)28-9-8-16-12-20(6-7-23(16)28)32-21-5-4-18(13-21)27-33(2,29)30/h4-9,11-13H,3,10,15-16H2,1-2H3;4-6,10,13-15,27H,3,7-9,11-12H2,1-2H3;2*6-9,11-12,14,18,21,27H,3-5,10,13H2,1-2H3/t;;2*18-,21+/m..10/s1. The van der Waals surface area contributed by atoms with Crippen LogP contribution in [0.15, 0.2) is 183 Å². The molecular formula is C98H101Cl4FN12O16S4. The van der Waals surface area contributed by atoms with Gasteiger partial charge in [-0.05, 0) is 216 Å². The predicted octanol–water partition coefficient (Wildman–Crippen LogP) is 20.0. The molecule has 16 rings (SSSR count). The molecular weight excluding hydrogens is 1890 g/mol. The molecule has 8 aromatic carbocycles. The molecule has 5 heterocycles. The molecule has 13 aromatic rings. The fraction of sp³-hybridized carbons (Fsp3) is 0.337. The first-order valence-electron chi connectivity index (χ1n) is 43.7. The van der Waals surface area contributed by atoms with Crippen molar-refractivity contribution in [1.29, 1.82) is 21.0 Å². The van der Waals surface area contributed by atoms with Crippen LogP contribution < -0.4 is 52.1 Å². The quantitative estimate of drug-likeness (QED) is 0.0332. The Kier molecular flexibility index (Phi) is 33.1. The van der Waals surface area contributed by atoms with Crippen molar-refractivity contribution in [3.05, 3.63) is 242 Å². The molecule has 3 aliphatic rings. The highest BCUT2D eigenvalue weighted by Gasteiger charge is 2.45. The Labute approximate surface area is 804 Å². The Morgan fingerprint density at radius 2 is 0.756 bits per heavy atom. The topological polar surface area (TPSA) is 374 Å². The second-order valence-electron chi connectivity index (χ2n) is 33.3. The van der Waals surface area contributed by atoms with Crippen molar-refractivity contribution in [3.8, 4) is 93.0 Å². The maximum Gasteiger partial charge on any atom is 0.209 e. The van der Waals surface area contributed by atoms with Crippen molar-refractivity contribution >= 4 is 130 Å². The second kappa shape index (κ2) is 44.3. The van der Waals surface area contributed by atoms with Gasteiger partial charge in [0.2, 0.25) is 30.1 Å². The van der Waals surface area contributed by atoms with Crippen LogP contribution in [0.1, 0.15) is 145 Å². The van der Waals surface area contributed by atoms with Gasteiger partial charge in [0.1, 0.15) is 66.1 Å². The number of nitrogens with one attached hydrogen (secondary N) is 3. The summed E-state index contributed by atoms with van der Waals surface area (Å²) < 4.78 is 169. The number of hydrogen-bond acceptors (Lipinski definition) is 21. The Morgan fingerprint density at radius 3 is 1.07 bits per heavy atom. The van der Waals surface area contributed by atoms with E-state index in [1.165, 1.54) is 31.0 Å². The van der Waals surface area contributed by atoms with Crippen LogP contribution in [0, 0.1) is 51.1 Å². The molecule has 5 aromatic heterocycles. The van der Waals surface area contributed by atoms with Gasteiger partial charge in [0.25, 0.3) is 0 Å². The number of sulfone groups is 1. The van der Waals surface area contributed by atoms with E-state index in [0.717, 1.165) is 148 Å². The molecule has 3 fully saturated rings. The van der Waals surface area contributed by atoms with Crippen LogP contribution in [0.4, 0.5) is 4.39 Å². The molecule has 3 aliphatic carbocycles. The summed E-state index contributed by atoms with van der Waals surface area (Å²) in [5, 5.41) is 43.7. The molecule has 135 heavy (non-hydrogen) atoms. The van der Waals surface area contributed by atoms with Gasteiger partial charge in [0.15, 0.2) is 38.7 Å². The molecule has 0 aliphatic heterocycles. The van der Waals surface area contributed by atoms with Crippen LogP contribution in [0.2, 0.25) is 20.1 Å². The smallest absolute Gasteiger partial charge is 0.209 e. The van der Waals surface area contributed by atoms with Gasteiger partial charge in [-0.25, -0.2) is 52.2 Å². The Balaban J connectivity index is 0.000000153. The average Bonchev–Trinajstić information content (AvgIpc) is 1.66. The van der Waals surface area contributed by atoms with E-state index in [4.69, 9.17) is 84.3 Å². The third-order valence-corrected chi connectivity index (χ3v) is 26.5. The summed E-state index contributed by atoms with van der Waals surface area (Å²) in [7, 11) is -13.1. The molecule has 28 nitrogen and oxygen atoms in total. The van der Waals surface area contributed by atoms with E-state index in [0.29, 0.717) is 129 Å². The molecule has 708 valence electrons. The monoisotopic (exact) mass is 1990 g/mol. The van der Waals surface area contributed by atoms with E-state index in [-0.39, 0.29) is 47.7 Å². The zero-order chi connectivity index (χ0) is 96.7. The van der Waals surface area contributed by atoms with Crippen LogP contribution in [-0.2, 0) is 52.3 Å². The molecule has 0 amide bonds. The highest BCUT2D eigenvalue weighted by Crippen LogP contribution is 2.43. The molecule has 4 atom stereocenters. The lowest BCUT2D eigenvalue weighted by Crippen LogP contribution is -2.37. The van der Waals surface area contributed by atoms with Crippen molar-refractivity contribution in [2.24, 2.45) is 0 Å². The molecule has 3 N–H and O–H groups in total. The van der Waals surface area contributed by atoms with Crippen LogP contribution >= 0.6 is 46.4 Å². The first kappa shape index (κ1) is 101. The molecule has 0 unspecified atom stereocenters. The first-order chi connectivity index (χ1) is 64.5. The number of benzene rings is 8. The van der Waals surface area contributed by atoms with E-state index in [1.807, 2.05) is 162 Å². The van der Waals surface area contributed by atoms with Gasteiger partial charge in [-0.15, -0.1) is 0 Å². The lowest BCUT2D eigenvalue weighted by Gasteiger charge is -2.16. The fourth-order valence-electron chi connectivity index (χ4n) is 16.1. The molecule has 37 heteroatoms. The SMILES string of the molecule is CCCOc1c(Cl)cc(-n2ccc3cc(OCCC4(NS(C)(=O)=O)CC4)ccc32)cc1C#N.CCCOc1c(Cl)cc(-n2ccc3cc(OCc4ccnc(CS(C)(=O)=O)c4F)ccc32)cc1C#N.CCCOc1c(Cl)cc(-n2ccc3cc(O[C@@H]4CC[C@H](NS(C)(=O)=O)C4)ccc32)cc1C#N.CCCOc1c(Cl)cc(-n2ccc3cc(O[C@H]4CC[C@@H](NS(C)(=O)=O)C4)ccc32)cc1C#N. The molecule has 0 saturated heterocycles. The van der Waals surface area contributed by atoms with Gasteiger partial charge >= 0.3 is 0 Å². The number of pyridine rings is 1. The summed E-state index contributed by atoms with van der Waals surface area (Å²) in [6, 6.07) is 54.8. The normalized spacial score (nSPS) is 15.6. The Hall–Kier alpha value is -11.8. The number of hydrogen-bond donors (Lipinski definition) is 3. The number of nitriles is 4. The van der Waals surface area contributed by atoms with Gasteiger partial charge < -0.3 is 56.2 Å². The summed E-state index contributed by atoms with van der Waals surface area (Å²) in [5.74, 6) is 3.16. The summed E-state index contributed by atoms with van der Waals surface area (Å²) in [6.45, 7) is 10.2. The van der Waals surface area contributed by atoms with E-state index in [2.05, 4.69) is 43.4 Å². The average molecular weight is 1990 g/mol. The molecule has 0 bridgehead atoms. The third kappa shape index (κ3) is 26.5. The largest absolute Gasteiger partial charge is 0.494 e. The molecule has 3 saturated carbocycles. The summed E-state index contributed by atoms with van der Waals surface area (Å²) in [4.78, 5) is 3.84.